The first kappa shape index (κ1) is 27.2. The highest BCUT2D eigenvalue weighted by Crippen LogP contribution is 2.34. The second-order valence-electron chi connectivity index (χ2n) is 10.00. The van der Waals surface area contributed by atoms with Gasteiger partial charge in [0.25, 0.3) is 0 Å². The molecule has 3 atom stereocenters. The molecular weight excluding hydrogens is 510 g/mol. The number of carbonyl (C=O) groups excluding carboxylic acids is 3. The SMILES string of the molecule is COC(=O)[C@H](Cc1ccccc1)N1C[C@H]2C[C@@H](C1)N(C(=O)OCc1ccccc1)N2C(=O)OCc1ccccc1. The van der Waals surface area contributed by atoms with Gasteiger partial charge in [-0.3, -0.25) is 9.69 Å². The lowest BCUT2D eigenvalue weighted by molar-refractivity contribution is -0.147. The zero-order valence-corrected chi connectivity index (χ0v) is 22.4. The number of ether oxygens (including phenoxy) is 3. The van der Waals surface area contributed by atoms with Gasteiger partial charge in [-0.2, -0.15) is 0 Å². The molecule has 208 valence electrons. The second kappa shape index (κ2) is 12.7. The molecule has 0 unspecified atom stereocenters. The zero-order chi connectivity index (χ0) is 27.9. The van der Waals surface area contributed by atoms with E-state index in [1.54, 1.807) is 0 Å². The molecule has 2 amide bonds. The Bertz CT molecular complexity index is 1220. The van der Waals surface area contributed by atoms with Crippen molar-refractivity contribution < 1.29 is 28.6 Å². The van der Waals surface area contributed by atoms with E-state index in [1.165, 1.54) is 17.1 Å². The van der Waals surface area contributed by atoms with Crippen LogP contribution in [-0.2, 0) is 38.6 Å². The monoisotopic (exact) mass is 543 g/mol. The smallest absolute Gasteiger partial charge is 0.429 e. The number of hydrazine groups is 1. The third-order valence-corrected chi connectivity index (χ3v) is 7.33. The van der Waals surface area contributed by atoms with Crippen molar-refractivity contribution in [2.24, 2.45) is 0 Å². The molecular formula is C31H33N3O6. The lowest BCUT2D eigenvalue weighted by atomic mass is 9.98. The standard InChI is InChI=1S/C31H33N3O6/c1-38-29(35)28(17-23-11-5-2-6-12-23)32-19-26-18-27(20-32)34(31(37)40-22-25-15-9-4-10-16-25)33(26)30(36)39-21-24-13-7-3-8-14-24/h2-16,26-28H,17-22H2,1H3/t26-,27+,28-/m0/s1. The van der Waals surface area contributed by atoms with Crippen molar-refractivity contribution in [3.8, 4) is 0 Å². The summed E-state index contributed by atoms with van der Waals surface area (Å²) in [6, 6.07) is 27.1. The number of esters is 1. The van der Waals surface area contributed by atoms with E-state index in [0.29, 0.717) is 25.9 Å². The summed E-state index contributed by atoms with van der Waals surface area (Å²) in [5, 5.41) is 2.75. The largest absolute Gasteiger partial charge is 0.468 e. The van der Waals surface area contributed by atoms with Crippen LogP contribution in [-0.4, -0.2) is 71.4 Å². The molecule has 2 fully saturated rings. The Labute approximate surface area is 233 Å². The molecule has 2 aliphatic rings. The Hall–Kier alpha value is -4.37. The van der Waals surface area contributed by atoms with E-state index in [9.17, 15) is 14.4 Å². The lowest BCUT2D eigenvalue weighted by Gasteiger charge is -2.35. The fourth-order valence-corrected chi connectivity index (χ4v) is 5.42. The lowest BCUT2D eigenvalue weighted by Crippen LogP contribution is -2.52. The maximum absolute atomic E-state index is 13.5. The van der Waals surface area contributed by atoms with Crippen molar-refractivity contribution in [3.63, 3.8) is 0 Å². The fraction of sp³-hybridized carbons (Fsp3) is 0.323. The van der Waals surface area contributed by atoms with Crippen LogP contribution in [0.2, 0.25) is 0 Å². The molecule has 2 saturated heterocycles. The molecule has 0 saturated carbocycles. The fourth-order valence-electron chi connectivity index (χ4n) is 5.42. The van der Waals surface area contributed by atoms with E-state index < -0.39 is 18.2 Å². The maximum Gasteiger partial charge on any atom is 0.429 e. The number of hydrogen-bond donors (Lipinski definition) is 0. The number of piperidine rings is 1. The molecule has 0 N–H and O–H groups in total. The maximum atomic E-state index is 13.5. The van der Waals surface area contributed by atoms with Crippen molar-refractivity contribution in [2.45, 2.75) is 44.2 Å². The number of likely N-dealkylation sites (tertiary alicyclic amines) is 1. The summed E-state index contributed by atoms with van der Waals surface area (Å²) in [6.45, 7) is 0.907. The average Bonchev–Trinajstić information content (AvgIpc) is 3.27. The highest BCUT2D eigenvalue weighted by Gasteiger charge is 2.52. The van der Waals surface area contributed by atoms with Gasteiger partial charge < -0.3 is 14.2 Å². The molecule has 9 nitrogen and oxygen atoms in total. The molecule has 40 heavy (non-hydrogen) atoms. The van der Waals surface area contributed by atoms with Crippen LogP contribution in [0, 0.1) is 0 Å². The molecule has 9 heteroatoms. The molecule has 0 spiro atoms. The predicted octanol–water partition coefficient (Wildman–Crippen LogP) is 4.42. The Morgan fingerprint density at radius 2 is 1.12 bits per heavy atom. The first-order valence-corrected chi connectivity index (χ1v) is 13.4. The van der Waals surface area contributed by atoms with E-state index >= 15 is 0 Å². The second-order valence-corrected chi connectivity index (χ2v) is 10.00. The number of nitrogens with zero attached hydrogens (tertiary/aromatic N) is 3. The summed E-state index contributed by atoms with van der Waals surface area (Å²) in [7, 11) is 1.37. The third kappa shape index (κ3) is 6.26. The molecule has 0 aliphatic carbocycles. The van der Waals surface area contributed by atoms with Crippen LogP contribution in [0.15, 0.2) is 91.0 Å². The number of hydrogen-bond acceptors (Lipinski definition) is 7. The van der Waals surface area contributed by atoms with E-state index in [-0.39, 0.29) is 31.3 Å². The van der Waals surface area contributed by atoms with Crippen LogP contribution in [0.4, 0.5) is 9.59 Å². The van der Waals surface area contributed by atoms with Gasteiger partial charge in [0.1, 0.15) is 19.3 Å². The van der Waals surface area contributed by atoms with Crippen LogP contribution in [0.5, 0.6) is 0 Å². The minimum Gasteiger partial charge on any atom is -0.468 e. The summed E-state index contributed by atoms with van der Waals surface area (Å²) in [6.07, 6.45) is -0.263. The Morgan fingerprint density at radius 1 is 0.700 bits per heavy atom. The van der Waals surface area contributed by atoms with Gasteiger partial charge in [-0.05, 0) is 29.5 Å². The number of benzene rings is 3. The molecule has 0 radical (unpaired) electrons. The van der Waals surface area contributed by atoms with Crippen LogP contribution >= 0.6 is 0 Å². The van der Waals surface area contributed by atoms with Crippen molar-refractivity contribution in [1.82, 2.24) is 14.9 Å². The van der Waals surface area contributed by atoms with Crippen LogP contribution in [0.1, 0.15) is 23.1 Å². The number of rotatable bonds is 8. The molecule has 5 rings (SSSR count). The first-order chi connectivity index (χ1) is 19.5. The van der Waals surface area contributed by atoms with Gasteiger partial charge in [0.15, 0.2) is 0 Å². The van der Waals surface area contributed by atoms with Crippen LogP contribution in [0.25, 0.3) is 0 Å². The number of amides is 2. The summed E-state index contributed by atoms with van der Waals surface area (Å²) in [5.74, 6) is -0.360. The van der Waals surface area contributed by atoms with Crippen LogP contribution < -0.4 is 0 Å². The molecule has 2 aliphatic heterocycles. The van der Waals surface area contributed by atoms with Crippen LogP contribution in [0.3, 0.4) is 0 Å². The normalized spacial score (nSPS) is 19.1. The first-order valence-electron chi connectivity index (χ1n) is 13.4. The van der Waals surface area contributed by atoms with Crippen molar-refractivity contribution in [2.75, 3.05) is 20.2 Å². The molecule has 0 aromatic heterocycles. The number of fused-ring (bicyclic) bond motifs is 2. The van der Waals surface area contributed by atoms with Gasteiger partial charge in [0.2, 0.25) is 0 Å². The van der Waals surface area contributed by atoms with E-state index in [2.05, 4.69) is 0 Å². The van der Waals surface area contributed by atoms with Crippen molar-refractivity contribution >= 4 is 18.2 Å². The number of methoxy groups -OCH3 is 1. The summed E-state index contributed by atoms with van der Waals surface area (Å²) >= 11 is 0. The van der Waals surface area contributed by atoms with Gasteiger partial charge in [-0.25, -0.2) is 19.6 Å². The highest BCUT2D eigenvalue weighted by atomic mass is 16.6. The summed E-state index contributed by atoms with van der Waals surface area (Å²) < 4.78 is 16.5. The quantitative estimate of drug-likeness (QED) is 0.307. The Kier molecular flexibility index (Phi) is 8.61. The van der Waals surface area contributed by atoms with Gasteiger partial charge in [0, 0.05) is 13.1 Å². The zero-order valence-electron chi connectivity index (χ0n) is 22.4. The summed E-state index contributed by atoms with van der Waals surface area (Å²) in [5.41, 5.74) is 2.67. The van der Waals surface area contributed by atoms with Gasteiger partial charge in [-0.15, -0.1) is 0 Å². The molecule has 3 aromatic rings. The van der Waals surface area contributed by atoms with Gasteiger partial charge in [0.05, 0.1) is 19.2 Å². The number of carbonyl (C=O) groups is 3. The Balaban J connectivity index is 1.36. The van der Waals surface area contributed by atoms with E-state index in [1.807, 2.05) is 95.9 Å². The minimum absolute atomic E-state index is 0.0724. The summed E-state index contributed by atoms with van der Waals surface area (Å²) in [4.78, 5) is 41.8. The van der Waals surface area contributed by atoms with Gasteiger partial charge in [-0.1, -0.05) is 91.0 Å². The average molecular weight is 544 g/mol. The predicted molar refractivity (Wildman–Crippen MR) is 147 cm³/mol. The molecule has 2 heterocycles. The Morgan fingerprint density at radius 3 is 1.55 bits per heavy atom. The molecule has 3 aromatic carbocycles. The van der Waals surface area contributed by atoms with E-state index in [0.717, 1.165) is 16.7 Å². The topological polar surface area (TPSA) is 88.6 Å². The minimum atomic E-state index is -0.632. The highest BCUT2D eigenvalue weighted by molar-refractivity contribution is 5.77. The van der Waals surface area contributed by atoms with Gasteiger partial charge >= 0.3 is 18.2 Å². The molecule has 2 bridgehead atoms. The van der Waals surface area contributed by atoms with Crippen molar-refractivity contribution in [1.29, 1.82) is 0 Å². The van der Waals surface area contributed by atoms with E-state index in [4.69, 9.17) is 14.2 Å². The third-order valence-electron chi connectivity index (χ3n) is 7.33. The van der Waals surface area contributed by atoms with Crippen molar-refractivity contribution in [3.05, 3.63) is 108 Å².